The number of aliphatic hydroxyl groups excluding tert-OH is 1. The molecule has 2 aromatic carbocycles. The van der Waals surface area contributed by atoms with E-state index < -0.39 is 29.4 Å². The Kier molecular flexibility index (Phi) is 4.90. The molecule has 30 heavy (non-hydrogen) atoms. The highest BCUT2D eigenvalue weighted by Gasteiger charge is 2.31. The molecule has 0 aliphatic heterocycles. The van der Waals surface area contributed by atoms with Crippen LogP contribution in [-0.4, -0.2) is 15.4 Å². The van der Waals surface area contributed by atoms with Gasteiger partial charge in [0, 0.05) is 11.1 Å². The number of aromatic nitrogens is 2. The number of aryl methyl sites for hydroxylation is 2. The van der Waals surface area contributed by atoms with Gasteiger partial charge in [0.25, 0.3) is 0 Å². The molecule has 154 valence electrons. The SMILES string of the molecule is Cc1onc(-c2cc(F)ccc2F)c1C(O)c1c(-c2cc(F)ccc2F)noc1C. The van der Waals surface area contributed by atoms with Crippen LogP contribution in [0.15, 0.2) is 45.4 Å². The molecule has 0 aliphatic carbocycles. The summed E-state index contributed by atoms with van der Waals surface area (Å²) < 4.78 is 66.2. The van der Waals surface area contributed by atoms with E-state index in [4.69, 9.17) is 9.05 Å². The minimum atomic E-state index is -1.56. The van der Waals surface area contributed by atoms with Gasteiger partial charge in [-0.1, -0.05) is 10.3 Å². The zero-order chi connectivity index (χ0) is 21.6. The summed E-state index contributed by atoms with van der Waals surface area (Å²) in [7, 11) is 0. The summed E-state index contributed by atoms with van der Waals surface area (Å²) in [5, 5.41) is 18.6. The monoisotopic (exact) mass is 418 g/mol. The van der Waals surface area contributed by atoms with E-state index in [1.165, 1.54) is 13.8 Å². The third-order valence-electron chi connectivity index (χ3n) is 4.73. The molecular formula is C21H14F4N2O3. The average Bonchev–Trinajstić information content (AvgIpc) is 3.28. The lowest BCUT2D eigenvalue weighted by Gasteiger charge is -2.13. The first-order valence-corrected chi connectivity index (χ1v) is 8.79. The average molecular weight is 418 g/mol. The molecule has 0 amide bonds. The van der Waals surface area contributed by atoms with Crippen LogP contribution in [0.4, 0.5) is 17.6 Å². The van der Waals surface area contributed by atoms with Crippen LogP contribution >= 0.6 is 0 Å². The van der Waals surface area contributed by atoms with Crippen LogP contribution in [0.1, 0.15) is 28.8 Å². The smallest absolute Gasteiger partial charge is 0.140 e. The van der Waals surface area contributed by atoms with Crippen LogP contribution < -0.4 is 0 Å². The fourth-order valence-corrected chi connectivity index (χ4v) is 3.29. The molecule has 1 N–H and O–H groups in total. The summed E-state index contributed by atoms with van der Waals surface area (Å²) in [6, 6.07) is 5.55. The number of halogens is 4. The maximum absolute atomic E-state index is 14.3. The summed E-state index contributed by atoms with van der Waals surface area (Å²) in [4.78, 5) is 0. The van der Waals surface area contributed by atoms with Crippen molar-refractivity contribution in [2.45, 2.75) is 20.0 Å². The number of rotatable bonds is 4. The second-order valence-electron chi connectivity index (χ2n) is 6.65. The number of aliphatic hydroxyl groups is 1. The molecule has 0 saturated carbocycles. The number of benzene rings is 2. The molecule has 0 unspecified atom stereocenters. The summed E-state index contributed by atoms with van der Waals surface area (Å²) in [5.74, 6) is -2.75. The molecule has 4 rings (SSSR count). The first-order valence-electron chi connectivity index (χ1n) is 8.79. The highest BCUT2D eigenvalue weighted by atomic mass is 19.1. The third-order valence-corrected chi connectivity index (χ3v) is 4.73. The van der Waals surface area contributed by atoms with E-state index in [2.05, 4.69) is 10.3 Å². The number of hydrogen-bond donors (Lipinski definition) is 1. The molecule has 9 heteroatoms. The van der Waals surface area contributed by atoms with Crippen LogP contribution in [0.3, 0.4) is 0 Å². The van der Waals surface area contributed by atoms with E-state index in [1.807, 2.05) is 0 Å². The number of nitrogens with zero attached hydrogens (tertiary/aromatic N) is 2. The molecule has 0 saturated heterocycles. The van der Waals surface area contributed by atoms with E-state index in [0.29, 0.717) is 0 Å². The summed E-state index contributed by atoms with van der Waals surface area (Å²) in [6.45, 7) is 2.94. The van der Waals surface area contributed by atoms with Crippen LogP contribution in [0.5, 0.6) is 0 Å². The molecule has 0 radical (unpaired) electrons. The zero-order valence-electron chi connectivity index (χ0n) is 15.7. The van der Waals surface area contributed by atoms with Gasteiger partial charge in [-0.2, -0.15) is 0 Å². The van der Waals surface area contributed by atoms with Gasteiger partial charge in [0.15, 0.2) is 0 Å². The molecule has 4 aromatic rings. The van der Waals surface area contributed by atoms with Crippen molar-refractivity contribution in [3.05, 3.63) is 82.3 Å². The first-order chi connectivity index (χ1) is 14.3. The second kappa shape index (κ2) is 7.42. The standard InChI is InChI=1S/C21H14F4N2O3/c1-9-17(19(26-29-9)13-7-11(22)3-5-15(13)24)21(28)18-10(2)30-27-20(18)14-8-12(23)4-6-16(14)25/h3-8,21,28H,1-2H3. The van der Waals surface area contributed by atoms with Crippen molar-refractivity contribution in [3.63, 3.8) is 0 Å². The molecule has 0 fully saturated rings. The Balaban J connectivity index is 1.90. The van der Waals surface area contributed by atoms with Gasteiger partial charge < -0.3 is 14.2 Å². The fourth-order valence-electron chi connectivity index (χ4n) is 3.29. The maximum atomic E-state index is 14.3. The first kappa shape index (κ1) is 19.8. The van der Waals surface area contributed by atoms with E-state index in [-0.39, 0.29) is 45.2 Å². The van der Waals surface area contributed by atoms with Crippen molar-refractivity contribution in [1.82, 2.24) is 10.3 Å². The van der Waals surface area contributed by atoms with Crippen molar-refractivity contribution in [2.24, 2.45) is 0 Å². The summed E-state index contributed by atoms with van der Waals surface area (Å²) >= 11 is 0. The van der Waals surface area contributed by atoms with E-state index in [9.17, 15) is 22.7 Å². The van der Waals surface area contributed by atoms with Crippen molar-refractivity contribution in [3.8, 4) is 22.5 Å². The van der Waals surface area contributed by atoms with Gasteiger partial charge in [-0.3, -0.25) is 0 Å². The van der Waals surface area contributed by atoms with Crippen LogP contribution in [0.25, 0.3) is 22.5 Å². The van der Waals surface area contributed by atoms with E-state index in [0.717, 1.165) is 36.4 Å². The quantitative estimate of drug-likeness (QED) is 0.458. The Morgan fingerprint density at radius 3 is 1.53 bits per heavy atom. The Bertz CT molecular complexity index is 1150. The predicted octanol–water partition coefficient (Wildman–Crippen LogP) is 5.25. The lowest BCUT2D eigenvalue weighted by molar-refractivity contribution is 0.216. The second-order valence-corrected chi connectivity index (χ2v) is 6.65. The Labute approximate surface area is 167 Å². The third kappa shape index (κ3) is 3.26. The van der Waals surface area contributed by atoms with Crippen molar-refractivity contribution < 1.29 is 31.7 Å². The van der Waals surface area contributed by atoms with E-state index in [1.54, 1.807) is 0 Å². The van der Waals surface area contributed by atoms with Gasteiger partial charge in [0.05, 0.1) is 11.1 Å². The normalized spacial score (nSPS) is 11.5. The zero-order valence-corrected chi connectivity index (χ0v) is 15.7. The molecular weight excluding hydrogens is 404 g/mol. The van der Waals surface area contributed by atoms with Gasteiger partial charge in [-0.05, 0) is 50.2 Å². The Morgan fingerprint density at radius 1 is 0.733 bits per heavy atom. The molecule has 0 spiro atoms. The minimum absolute atomic E-state index is 0.0175. The minimum Gasteiger partial charge on any atom is -0.383 e. The lowest BCUT2D eigenvalue weighted by atomic mass is 9.93. The highest BCUT2D eigenvalue weighted by molar-refractivity contribution is 5.70. The maximum Gasteiger partial charge on any atom is 0.140 e. The van der Waals surface area contributed by atoms with Crippen molar-refractivity contribution in [1.29, 1.82) is 0 Å². The Hall–Kier alpha value is -3.46. The molecule has 0 bridgehead atoms. The van der Waals surface area contributed by atoms with Gasteiger partial charge in [-0.15, -0.1) is 0 Å². The van der Waals surface area contributed by atoms with Gasteiger partial charge in [0.2, 0.25) is 0 Å². The van der Waals surface area contributed by atoms with Crippen LogP contribution in [0.2, 0.25) is 0 Å². The van der Waals surface area contributed by atoms with E-state index >= 15 is 0 Å². The largest absolute Gasteiger partial charge is 0.383 e. The van der Waals surface area contributed by atoms with Gasteiger partial charge in [-0.25, -0.2) is 17.6 Å². The van der Waals surface area contributed by atoms with Gasteiger partial charge >= 0.3 is 0 Å². The van der Waals surface area contributed by atoms with Gasteiger partial charge in [0.1, 0.15) is 52.3 Å². The van der Waals surface area contributed by atoms with Crippen LogP contribution in [-0.2, 0) is 0 Å². The predicted molar refractivity (Wildman–Crippen MR) is 97.2 cm³/mol. The molecule has 5 nitrogen and oxygen atoms in total. The fraction of sp³-hybridized carbons (Fsp3) is 0.143. The Morgan fingerprint density at radius 2 is 1.13 bits per heavy atom. The van der Waals surface area contributed by atoms with Crippen molar-refractivity contribution >= 4 is 0 Å². The molecule has 0 atom stereocenters. The molecule has 2 aromatic heterocycles. The molecule has 0 aliphatic rings. The van der Waals surface area contributed by atoms with Crippen molar-refractivity contribution in [2.75, 3.05) is 0 Å². The lowest BCUT2D eigenvalue weighted by Crippen LogP contribution is -2.05. The summed E-state index contributed by atoms with van der Waals surface area (Å²) in [5.41, 5.74) is -0.693. The highest BCUT2D eigenvalue weighted by Crippen LogP contribution is 2.40. The number of hydrogen-bond acceptors (Lipinski definition) is 5. The van der Waals surface area contributed by atoms with Crippen LogP contribution in [0, 0.1) is 37.1 Å². The topological polar surface area (TPSA) is 72.3 Å². The summed E-state index contributed by atoms with van der Waals surface area (Å²) in [6.07, 6.45) is -1.56. The molecule has 2 heterocycles.